The van der Waals surface area contributed by atoms with Gasteiger partial charge in [0, 0.05) is 30.7 Å². The van der Waals surface area contributed by atoms with E-state index in [2.05, 4.69) is 60.7 Å². The molecule has 0 radical (unpaired) electrons. The van der Waals surface area contributed by atoms with Crippen LogP contribution in [0.15, 0.2) is 18.2 Å². The lowest BCUT2D eigenvalue weighted by Crippen LogP contribution is -2.26. The standard InChI is InChI=1S/C28H41N3O2.ClH/c1-17(2)10-21-13-24(14-21)28-30-29-27(31(28)25-8-9-25)23(12-20(5)32)16-26(33)15-22-7-6-18(3)11-19(22)4;/h6-7,11,17,20-21,23-25,32H,8-10,12-16H2,1-5H3;1H/t20-,21?,23+,24?;/m1./s1. The normalized spacial score (nSPS) is 21.6. The zero-order valence-corrected chi connectivity index (χ0v) is 22.3. The molecule has 0 spiro atoms. The molecule has 0 aliphatic heterocycles. The third kappa shape index (κ3) is 6.48. The molecule has 6 heteroatoms. The molecule has 0 amide bonds. The fourth-order valence-electron chi connectivity index (χ4n) is 5.68. The number of aromatic nitrogens is 3. The van der Waals surface area contributed by atoms with Gasteiger partial charge in [-0.3, -0.25) is 4.79 Å². The molecule has 0 unspecified atom stereocenters. The van der Waals surface area contributed by atoms with E-state index >= 15 is 0 Å². The van der Waals surface area contributed by atoms with E-state index in [9.17, 15) is 9.90 Å². The smallest absolute Gasteiger partial charge is 0.138 e. The predicted molar refractivity (Wildman–Crippen MR) is 139 cm³/mol. The molecule has 4 rings (SSSR count). The highest BCUT2D eigenvalue weighted by atomic mass is 35.5. The fraction of sp³-hybridized carbons (Fsp3) is 0.679. The van der Waals surface area contributed by atoms with Crippen LogP contribution < -0.4 is 0 Å². The number of carbonyl (C=O) groups is 1. The molecule has 1 aromatic heterocycles. The summed E-state index contributed by atoms with van der Waals surface area (Å²) in [7, 11) is 0. The lowest BCUT2D eigenvalue weighted by Gasteiger charge is -2.36. The third-order valence-electron chi connectivity index (χ3n) is 7.42. The topological polar surface area (TPSA) is 68.0 Å². The van der Waals surface area contributed by atoms with Crippen LogP contribution in [0.3, 0.4) is 0 Å². The van der Waals surface area contributed by atoms with Gasteiger partial charge in [0.25, 0.3) is 0 Å². The zero-order valence-electron chi connectivity index (χ0n) is 21.5. The number of halogens is 1. The third-order valence-corrected chi connectivity index (χ3v) is 7.42. The number of ketones is 1. The van der Waals surface area contributed by atoms with Crippen LogP contribution in [0, 0.1) is 25.7 Å². The average Bonchev–Trinajstić information content (AvgIpc) is 3.44. The molecule has 2 aromatic rings. The Morgan fingerprint density at radius 3 is 2.44 bits per heavy atom. The summed E-state index contributed by atoms with van der Waals surface area (Å²) in [4.78, 5) is 13.1. The SMILES string of the molecule is Cc1ccc(CC(=O)C[C@H](C[C@@H](C)O)c2nnc(C3CC(CC(C)C)C3)n2C2CC2)c(C)c1.Cl. The Bertz CT molecular complexity index is 974. The van der Waals surface area contributed by atoms with Gasteiger partial charge in [0.1, 0.15) is 17.4 Å². The average molecular weight is 488 g/mol. The zero-order chi connectivity index (χ0) is 23.7. The van der Waals surface area contributed by atoms with E-state index < -0.39 is 6.10 Å². The number of carbonyl (C=O) groups excluding carboxylic acids is 1. The summed E-state index contributed by atoms with van der Waals surface area (Å²) >= 11 is 0. The minimum absolute atomic E-state index is 0. The first-order chi connectivity index (χ1) is 15.7. The monoisotopic (exact) mass is 487 g/mol. The number of rotatable bonds is 11. The van der Waals surface area contributed by atoms with E-state index in [1.807, 2.05) is 6.92 Å². The van der Waals surface area contributed by atoms with Crippen LogP contribution in [0.2, 0.25) is 0 Å². The van der Waals surface area contributed by atoms with Gasteiger partial charge in [-0.2, -0.15) is 0 Å². The van der Waals surface area contributed by atoms with Gasteiger partial charge in [0.2, 0.25) is 0 Å². The first-order valence-electron chi connectivity index (χ1n) is 12.9. The summed E-state index contributed by atoms with van der Waals surface area (Å²) < 4.78 is 2.37. The highest BCUT2D eigenvalue weighted by Gasteiger charge is 2.39. The summed E-state index contributed by atoms with van der Waals surface area (Å²) in [6.07, 6.45) is 6.94. The highest BCUT2D eigenvalue weighted by molar-refractivity contribution is 5.85. The Kier molecular flexibility index (Phi) is 8.97. The van der Waals surface area contributed by atoms with Crippen molar-refractivity contribution in [3.05, 3.63) is 46.5 Å². The predicted octanol–water partition coefficient (Wildman–Crippen LogP) is 6.25. The van der Waals surface area contributed by atoms with Crippen molar-refractivity contribution in [3.63, 3.8) is 0 Å². The molecule has 1 N–H and O–H groups in total. The summed E-state index contributed by atoms with van der Waals surface area (Å²) in [5.41, 5.74) is 3.48. The molecule has 0 bridgehead atoms. The molecule has 188 valence electrons. The molecule has 1 aromatic carbocycles. The van der Waals surface area contributed by atoms with Crippen molar-refractivity contribution in [2.45, 2.75) is 110 Å². The van der Waals surface area contributed by atoms with Crippen molar-refractivity contribution in [2.75, 3.05) is 0 Å². The Morgan fingerprint density at radius 1 is 1.15 bits per heavy atom. The summed E-state index contributed by atoms with van der Waals surface area (Å²) in [5, 5.41) is 19.6. The van der Waals surface area contributed by atoms with Crippen molar-refractivity contribution >= 4 is 18.2 Å². The second-order valence-corrected chi connectivity index (χ2v) is 11.3. The number of hydrogen-bond donors (Lipinski definition) is 1. The number of nitrogens with zero attached hydrogens (tertiary/aromatic N) is 3. The van der Waals surface area contributed by atoms with Crippen molar-refractivity contribution in [3.8, 4) is 0 Å². The van der Waals surface area contributed by atoms with Crippen molar-refractivity contribution in [1.29, 1.82) is 0 Å². The second kappa shape index (κ2) is 11.3. The van der Waals surface area contributed by atoms with Gasteiger partial charge < -0.3 is 9.67 Å². The number of aliphatic hydroxyl groups excluding tert-OH is 1. The van der Waals surface area contributed by atoms with E-state index in [0.717, 1.165) is 41.9 Å². The van der Waals surface area contributed by atoms with E-state index in [-0.39, 0.29) is 24.1 Å². The maximum absolute atomic E-state index is 13.1. The summed E-state index contributed by atoms with van der Waals surface area (Å²) in [6, 6.07) is 6.75. The van der Waals surface area contributed by atoms with Crippen LogP contribution in [0.5, 0.6) is 0 Å². The minimum atomic E-state index is -0.476. The molecule has 34 heavy (non-hydrogen) atoms. The first-order valence-corrected chi connectivity index (χ1v) is 12.9. The minimum Gasteiger partial charge on any atom is -0.393 e. The van der Waals surface area contributed by atoms with Crippen LogP contribution >= 0.6 is 12.4 Å². The van der Waals surface area contributed by atoms with Crippen LogP contribution in [0.4, 0.5) is 0 Å². The van der Waals surface area contributed by atoms with E-state index in [1.165, 1.54) is 30.4 Å². The molecule has 2 atom stereocenters. The van der Waals surface area contributed by atoms with Gasteiger partial charge >= 0.3 is 0 Å². The second-order valence-electron chi connectivity index (χ2n) is 11.3. The molecule has 0 saturated heterocycles. The number of aryl methyl sites for hydroxylation is 2. The van der Waals surface area contributed by atoms with E-state index in [0.29, 0.717) is 31.2 Å². The molecule has 2 saturated carbocycles. The van der Waals surface area contributed by atoms with E-state index in [1.54, 1.807) is 0 Å². The van der Waals surface area contributed by atoms with Crippen molar-refractivity contribution < 1.29 is 9.90 Å². The van der Waals surface area contributed by atoms with Crippen molar-refractivity contribution in [2.24, 2.45) is 11.8 Å². The lowest BCUT2D eigenvalue weighted by molar-refractivity contribution is -0.119. The van der Waals surface area contributed by atoms with Crippen LogP contribution in [-0.2, 0) is 11.2 Å². The number of hydrogen-bond acceptors (Lipinski definition) is 4. The molecule has 2 aliphatic rings. The molecule has 5 nitrogen and oxygen atoms in total. The number of Topliss-reactive ketones (excluding diaryl/α,β-unsaturated/α-hetero) is 1. The largest absolute Gasteiger partial charge is 0.393 e. The Hall–Kier alpha value is -1.72. The van der Waals surface area contributed by atoms with Crippen LogP contribution in [-0.4, -0.2) is 31.8 Å². The van der Waals surface area contributed by atoms with Crippen LogP contribution in [0.25, 0.3) is 0 Å². The first kappa shape index (κ1) is 26.9. The van der Waals surface area contributed by atoms with Gasteiger partial charge in [-0.05, 0) is 82.3 Å². The Balaban J connectivity index is 0.00000324. The number of aliphatic hydroxyl groups is 1. The highest BCUT2D eigenvalue weighted by Crippen LogP contribution is 2.48. The summed E-state index contributed by atoms with van der Waals surface area (Å²) in [5.74, 6) is 4.21. The van der Waals surface area contributed by atoms with Gasteiger partial charge in [-0.15, -0.1) is 22.6 Å². The molecular weight excluding hydrogens is 446 g/mol. The van der Waals surface area contributed by atoms with Gasteiger partial charge in [-0.1, -0.05) is 37.6 Å². The van der Waals surface area contributed by atoms with Gasteiger partial charge in [-0.25, -0.2) is 0 Å². The molecule has 1 heterocycles. The fourth-order valence-corrected chi connectivity index (χ4v) is 5.68. The molecule has 2 aliphatic carbocycles. The lowest BCUT2D eigenvalue weighted by atomic mass is 9.71. The van der Waals surface area contributed by atoms with E-state index in [4.69, 9.17) is 0 Å². The quantitative estimate of drug-likeness (QED) is 0.406. The summed E-state index contributed by atoms with van der Waals surface area (Å²) in [6.45, 7) is 10.6. The maximum atomic E-state index is 13.1. The molecule has 2 fully saturated rings. The van der Waals surface area contributed by atoms with Gasteiger partial charge in [0.05, 0.1) is 6.10 Å². The number of benzene rings is 1. The van der Waals surface area contributed by atoms with Crippen LogP contribution in [0.1, 0.15) is 112 Å². The molecular formula is C28H42ClN3O2. The maximum Gasteiger partial charge on any atom is 0.138 e. The van der Waals surface area contributed by atoms with Gasteiger partial charge in [0.15, 0.2) is 0 Å². The Morgan fingerprint density at radius 2 is 1.85 bits per heavy atom. The van der Waals surface area contributed by atoms with Crippen molar-refractivity contribution in [1.82, 2.24) is 14.8 Å². The Labute approximate surface area is 211 Å².